The molecule has 2 amide bonds. The molecule has 0 radical (unpaired) electrons. The molecule has 0 unspecified atom stereocenters. The Morgan fingerprint density at radius 3 is 2.83 bits per heavy atom. The van der Waals surface area contributed by atoms with Gasteiger partial charge < -0.3 is 5.32 Å². The van der Waals surface area contributed by atoms with E-state index in [0.29, 0.717) is 28.8 Å². The second kappa shape index (κ2) is 9.00. The summed E-state index contributed by atoms with van der Waals surface area (Å²) in [5, 5.41) is 3.50. The van der Waals surface area contributed by atoms with Gasteiger partial charge in [-0.15, -0.1) is 0 Å². The maximum Gasteiger partial charge on any atom is 0.263 e. The number of anilines is 1. The number of nitrogens with one attached hydrogen (secondary N) is 1. The number of carbonyl (C=O) groups excluding carboxylic acids is 2. The van der Waals surface area contributed by atoms with Gasteiger partial charge in [0.05, 0.1) is 5.69 Å². The molecule has 1 N–H and O–H groups in total. The van der Waals surface area contributed by atoms with Crippen molar-refractivity contribution < 1.29 is 9.59 Å². The lowest BCUT2D eigenvalue weighted by atomic mass is 10.0. The first-order valence-electron chi connectivity index (χ1n) is 9.84. The fraction of sp³-hybridized carbons (Fsp3) is 0.217. The number of aromatic nitrogens is 2. The predicted molar refractivity (Wildman–Crippen MR) is 118 cm³/mol. The van der Waals surface area contributed by atoms with Crippen molar-refractivity contribution in [3.63, 3.8) is 0 Å². The van der Waals surface area contributed by atoms with Crippen molar-refractivity contribution in [1.82, 2.24) is 15.3 Å². The molecule has 0 aliphatic carbocycles. The number of hydrogen-bond acceptors (Lipinski definition) is 5. The van der Waals surface area contributed by atoms with E-state index in [1.165, 1.54) is 11.3 Å². The molecular formula is C23H22N4O2S. The Morgan fingerprint density at radius 1 is 1.23 bits per heavy atom. The van der Waals surface area contributed by atoms with Gasteiger partial charge in [0.1, 0.15) is 4.88 Å². The number of rotatable bonds is 5. The number of carbonyl (C=O) groups is 2. The highest BCUT2D eigenvalue weighted by molar-refractivity contribution is 7.17. The van der Waals surface area contributed by atoms with Gasteiger partial charge in [-0.2, -0.15) is 0 Å². The maximum absolute atomic E-state index is 13.0. The van der Waals surface area contributed by atoms with Crippen molar-refractivity contribution in [2.75, 3.05) is 11.4 Å². The van der Waals surface area contributed by atoms with Gasteiger partial charge in [-0.05, 0) is 43.0 Å². The fourth-order valence-corrected chi connectivity index (χ4v) is 4.36. The molecule has 0 spiro atoms. The lowest BCUT2D eigenvalue weighted by Gasteiger charge is -2.26. The number of thiazole rings is 1. The molecule has 4 rings (SSSR count). The van der Waals surface area contributed by atoms with E-state index in [-0.39, 0.29) is 11.8 Å². The van der Waals surface area contributed by atoms with E-state index in [0.717, 1.165) is 29.5 Å². The molecule has 3 heterocycles. The summed E-state index contributed by atoms with van der Waals surface area (Å²) in [6, 6.07) is 13.5. The Balaban J connectivity index is 1.49. The molecule has 1 aromatic carbocycles. The van der Waals surface area contributed by atoms with Gasteiger partial charge in [-0.25, -0.2) is 4.98 Å². The number of amides is 2. The fourth-order valence-electron chi connectivity index (χ4n) is 3.36. The first-order chi connectivity index (χ1) is 14.6. The van der Waals surface area contributed by atoms with E-state index in [9.17, 15) is 9.59 Å². The zero-order chi connectivity index (χ0) is 20.9. The van der Waals surface area contributed by atoms with Crippen molar-refractivity contribution in [1.29, 1.82) is 0 Å². The predicted octanol–water partition coefficient (Wildman–Crippen LogP) is 3.99. The number of piperidine rings is 1. The van der Waals surface area contributed by atoms with E-state index in [2.05, 4.69) is 15.3 Å². The summed E-state index contributed by atoms with van der Waals surface area (Å²) in [7, 11) is 0. The average Bonchev–Trinajstić information content (AvgIpc) is 3.16. The summed E-state index contributed by atoms with van der Waals surface area (Å²) in [4.78, 5) is 36.5. The first-order valence-corrected chi connectivity index (χ1v) is 10.7. The minimum Gasteiger partial charge on any atom is -0.347 e. The van der Waals surface area contributed by atoms with Crippen LogP contribution in [0, 0.1) is 6.92 Å². The van der Waals surface area contributed by atoms with E-state index >= 15 is 0 Å². The van der Waals surface area contributed by atoms with Crippen LogP contribution in [0.25, 0.3) is 6.08 Å². The molecule has 30 heavy (non-hydrogen) atoms. The molecule has 0 atom stereocenters. The van der Waals surface area contributed by atoms with Gasteiger partial charge in [0.2, 0.25) is 0 Å². The lowest BCUT2D eigenvalue weighted by molar-refractivity contribution is -0.115. The number of hydrogen-bond donors (Lipinski definition) is 1. The largest absolute Gasteiger partial charge is 0.347 e. The topological polar surface area (TPSA) is 75.2 Å². The standard InChI is InChI=1S/C23H22N4O2S/c1-16-20(21(28)25-15-17-7-3-2-4-8-17)30-23(26-16)27-12-6-10-19(22(27)29)13-18-9-5-11-24-14-18/h2-5,7-9,11,13-14H,6,10,12,15H2,1H3,(H,25,28)/b19-13-. The van der Waals surface area contributed by atoms with E-state index in [1.54, 1.807) is 24.2 Å². The molecule has 1 saturated heterocycles. The van der Waals surface area contributed by atoms with Crippen molar-refractivity contribution in [2.45, 2.75) is 26.3 Å². The van der Waals surface area contributed by atoms with Crippen LogP contribution >= 0.6 is 11.3 Å². The molecule has 1 aliphatic rings. The molecule has 0 saturated carbocycles. The van der Waals surface area contributed by atoms with Gasteiger partial charge in [-0.3, -0.25) is 19.5 Å². The van der Waals surface area contributed by atoms with Gasteiger partial charge in [0, 0.05) is 31.1 Å². The Hall–Kier alpha value is -3.32. The van der Waals surface area contributed by atoms with Crippen molar-refractivity contribution >= 4 is 34.4 Å². The second-order valence-corrected chi connectivity index (χ2v) is 8.07. The van der Waals surface area contributed by atoms with E-state index in [1.807, 2.05) is 48.5 Å². The van der Waals surface area contributed by atoms with E-state index < -0.39 is 0 Å². The summed E-state index contributed by atoms with van der Waals surface area (Å²) in [6.45, 7) is 2.85. The van der Waals surface area contributed by atoms with Crippen LogP contribution in [0.4, 0.5) is 5.13 Å². The Bertz CT molecular complexity index is 1080. The van der Waals surface area contributed by atoms with Crippen molar-refractivity contribution in [2.24, 2.45) is 0 Å². The monoisotopic (exact) mass is 418 g/mol. The quantitative estimate of drug-likeness (QED) is 0.636. The van der Waals surface area contributed by atoms with Crippen LogP contribution in [0.1, 0.15) is 39.3 Å². The second-order valence-electron chi connectivity index (χ2n) is 7.10. The molecule has 1 fully saturated rings. The highest BCUT2D eigenvalue weighted by atomic mass is 32.1. The minimum absolute atomic E-state index is 0.0601. The van der Waals surface area contributed by atoms with Crippen molar-refractivity contribution in [3.05, 3.63) is 82.1 Å². The number of nitrogens with zero attached hydrogens (tertiary/aromatic N) is 3. The zero-order valence-corrected chi connectivity index (χ0v) is 17.5. The molecule has 152 valence electrons. The molecular weight excluding hydrogens is 396 g/mol. The van der Waals surface area contributed by atoms with E-state index in [4.69, 9.17) is 0 Å². The summed E-state index contributed by atoms with van der Waals surface area (Å²) in [5.41, 5.74) is 3.30. The smallest absolute Gasteiger partial charge is 0.263 e. The Morgan fingerprint density at radius 2 is 2.07 bits per heavy atom. The molecule has 3 aromatic rings. The van der Waals surface area contributed by atoms with Gasteiger partial charge in [0.25, 0.3) is 11.8 Å². The molecule has 7 heteroatoms. The van der Waals surface area contributed by atoms with Crippen LogP contribution in [0.5, 0.6) is 0 Å². The summed E-state index contributed by atoms with van der Waals surface area (Å²) < 4.78 is 0. The Kier molecular flexibility index (Phi) is 5.99. The van der Waals surface area contributed by atoms with Gasteiger partial charge >= 0.3 is 0 Å². The third kappa shape index (κ3) is 4.46. The van der Waals surface area contributed by atoms with Crippen LogP contribution in [0.2, 0.25) is 0 Å². The lowest BCUT2D eigenvalue weighted by Crippen LogP contribution is -2.36. The normalized spacial score (nSPS) is 15.4. The van der Waals surface area contributed by atoms with Crippen LogP contribution in [-0.4, -0.2) is 28.3 Å². The molecule has 0 bridgehead atoms. The molecule has 6 nitrogen and oxygen atoms in total. The zero-order valence-electron chi connectivity index (χ0n) is 16.7. The highest BCUT2D eigenvalue weighted by Crippen LogP contribution is 2.31. The van der Waals surface area contributed by atoms with Gasteiger partial charge in [-0.1, -0.05) is 47.7 Å². The maximum atomic E-state index is 13.0. The number of pyridine rings is 1. The average molecular weight is 419 g/mol. The third-order valence-corrected chi connectivity index (χ3v) is 6.07. The van der Waals surface area contributed by atoms with Crippen LogP contribution in [0.3, 0.4) is 0 Å². The highest BCUT2D eigenvalue weighted by Gasteiger charge is 2.28. The Labute approximate surface area is 179 Å². The van der Waals surface area contributed by atoms with Crippen LogP contribution in [0.15, 0.2) is 60.4 Å². The summed E-state index contributed by atoms with van der Waals surface area (Å²) in [6.07, 6.45) is 6.90. The summed E-state index contributed by atoms with van der Waals surface area (Å²) in [5.74, 6) is -0.231. The van der Waals surface area contributed by atoms with Crippen LogP contribution in [-0.2, 0) is 11.3 Å². The van der Waals surface area contributed by atoms with Crippen LogP contribution < -0.4 is 10.2 Å². The molecule has 1 aliphatic heterocycles. The minimum atomic E-state index is -0.171. The van der Waals surface area contributed by atoms with Crippen molar-refractivity contribution in [3.8, 4) is 0 Å². The molecule has 2 aromatic heterocycles. The summed E-state index contributed by atoms with van der Waals surface area (Å²) >= 11 is 1.26. The number of aryl methyl sites for hydroxylation is 1. The third-order valence-electron chi connectivity index (χ3n) is 4.89. The SMILES string of the molecule is Cc1nc(N2CCC/C(=C/c3cccnc3)C2=O)sc1C(=O)NCc1ccccc1. The number of benzene rings is 1. The van der Waals surface area contributed by atoms with Gasteiger partial charge in [0.15, 0.2) is 5.13 Å². The first kappa shape index (κ1) is 20.0.